The summed E-state index contributed by atoms with van der Waals surface area (Å²) in [7, 11) is -3.89. The fourth-order valence-electron chi connectivity index (χ4n) is 1.53. The molecule has 0 aliphatic rings. The summed E-state index contributed by atoms with van der Waals surface area (Å²) >= 11 is 7.23. The van der Waals surface area contributed by atoms with Crippen LogP contribution in [0.1, 0.15) is 5.56 Å². The van der Waals surface area contributed by atoms with Crippen molar-refractivity contribution in [1.82, 2.24) is 4.37 Å². The predicted molar refractivity (Wildman–Crippen MR) is 86.2 cm³/mol. The number of anilines is 2. The number of nitrogens with zero attached hydrogens (tertiary/aromatic N) is 1. The number of nitrogens with two attached hydrogens (primary N) is 1. The molecule has 0 radical (unpaired) electrons. The summed E-state index contributed by atoms with van der Waals surface area (Å²) in [5, 5.41) is 17.2. The van der Waals surface area contributed by atoms with Crippen LogP contribution in [-0.2, 0) is 10.0 Å². The molecule has 2 rings (SSSR count). The first-order valence-electron chi connectivity index (χ1n) is 5.14. The van der Waals surface area contributed by atoms with Crippen LogP contribution in [0.3, 0.4) is 0 Å². The zero-order valence-corrected chi connectivity index (χ0v) is 14.8. The molecule has 11 heteroatoms. The Morgan fingerprint density at radius 1 is 1.33 bits per heavy atom. The van der Waals surface area contributed by atoms with Crippen LogP contribution in [0.4, 0.5) is 10.7 Å². The van der Waals surface area contributed by atoms with Gasteiger partial charge in [-0.3, -0.25) is 9.17 Å². The van der Waals surface area contributed by atoms with Crippen LogP contribution >= 0.6 is 43.4 Å². The average Bonchev–Trinajstić information content (AvgIpc) is 2.66. The fraction of sp³-hybridized carbons (Fsp3) is 0. The molecule has 0 aliphatic heterocycles. The van der Waals surface area contributed by atoms with Crippen molar-refractivity contribution in [3.05, 3.63) is 37.0 Å². The number of hydrogen-bond donors (Lipinski definition) is 3. The van der Waals surface area contributed by atoms with Crippen LogP contribution < -0.4 is 16.0 Å². The van der Waals surface area contributed by atoms with E-state index in [2.05, 4.69) is 41.6 Å². The Labute approximate surface area is 140 Å². The molecular formula is C10H6Br2N4O3S2. The van der Waals surface area contributed by atoms with Gasteiger partial charge in [-0.25, -0.2) is 13.6 Å². The number of hydrogen-bond acceptors (Lipinski definition) is 6. The molecule has 7 nitrogen and oxygen atoms in total. The van der Waals surface area contributed by atoms with Crippen molar-refractivity contribution in [1.29, 1.82) is 5.26 Å². The van der Waals surface area contributed by atoms with E-state index in [1.165, 1.54) is 12.1 Å². The molecule has 1 heterocycles. The zero-order valence-electron chi connectivity index (χ0n) is 9.98. The van der Waals surface area contributed by atoms with Crippen LogP contribution in [0, 0.1) is 11.3 Å². The summed E-state index contributed by atoms with van der Waals surface area (Å²) in [6.07, 6.45) is 0. The van der Waals surface area contributed by atoms with Gasteiger partial charge in [0.15, 0.2) is 5.56 Å². The number of primary sulfonamides is 1. The van der Waals surface area contributed by atoms with Crippen molar-refractivity contribution in [3.63, 3.8) is 0 Å². The van der Waals surface area contributed by atoms with Crippen molar-refractivity contribution >= 4 is 64.1 Å². The Morgan fingerprint density at radius 2 is 1.90 bits per heavy atom. The average molecular weight is 454 g/mol. The third kappa shape index (κ3) is 3.35. The molecule has 0 spiro atoms. The van der Waals surface area contributed by atoms with Crippen molar-refractivity contribution < 1.29 is 8.42 Å². The highest BCUT2D eigenvalue weighted by molar-refractivity contribution is 9.11. The predicted octanol–water partition coefficient (Wildman–Crippen LogP) is 2.22. The molecule has 1 aromatic heterocycles. The number of rotatable bonds is 3. The lowest BCUT2D eigenvalue weighted by Gasteiger charge is -2.09. The zero-order chi connectivity index (χ0) is 15.8. The van der Waals surface area contributed by atoms with Crippen LogP contribution in [-0.4, -0.2) is 12.8 Å². The van der Waals surface area contributed by atoms with Gasteiger partial charge in [-0.15, -0.1) is 0 Å². The molecule has 4 N–H and O–H groups in total. The summed E-state index contributed by atoms with van der Waals surface area (Å²) in [5.41, 5.74) is -0.0417. The Hall–Kier alpha value is -1.19. The highest BCUT2D eigenvalue weighted by atomic mass is 79.9. The second-order valence-electron chi connectivity index (χ2n) is 3.79. The lowest BCUT2D eigenvalue weighted by Crippen LogP contribution is -2.13. The molecule has 2 aromatic rings. The molecule has 0 unspecified atom stereocenters. The maximum Gasteiger partial charge on any atom is 0.278 e. The second kappa shape index (κ2) is 5.90. The molecular weight excluding hydrogens is 448 g/mol. The SMILES string of the molecule is N#Cc1c(Nc2cc(Br)c(S(N)(=O)=O)c(Br)c2)s[nH]c1=O. The van der Waals surface area contributed by atoms with E-state index in [0.29, 0.717) is 10.7 Å². The van der Waals surface area contributed by atoms with E-state index >= 15 is 0 Å². The minimum Gasteiger partial charge on any atom is -0.345 e. The number of H-pyrrole nitrogens is 1. The Morgan fingerprint density at radius 3 is 2.38 bits per heavy atom. The van der Waals surface area contributed by atoms with Gasteiger partial charge in [-0.05, 0) is 55.5 Å². The van der Waals surface area contributed by atoms with Crippen molar-refractivity contribution in [2.24, 2.45) is 5.14 Å². The normalized spacial score (nSPS) is 11.1. The Balaban J connectivity index is 2.49. The van der Waals surface area contributed by atoms with Crippen LogP contribution in [0.15, 0.2) is 30.8 Å². The van der Waals surface area contributed by atoms with Gasteiger partial charge in [-0.1, -0.05) is 0 Å². The van der Waals surface area contributed by atoms with E-state index in [0.717, 1.165) is 11.5 Å². The van der Waals surface area contributed by atoms with Crippen molar-refractivity contribution in [3.8, 4) is 6.07 Å². The Bertz CT molecular complexity index is 888. The van der Waals surface area contributed by atoms with Crippen molar-refractivity contribution in [2.75, 3.05) is 5.32 Å². The molecule has 0 fully saturated rings. The smallest absolute Gasteiger partial charge is 0.278 e. The Kier molecular flexibility index (Phi) is 4.54. The fourth-order valence-corrected chi connectivity index (χ4v) is 5.43. The quantitative estimate of drug-likeness (QED) is 0.656. The summed E-state index contributed by atoms with van der Waals surface area (Å²) in [5.74, 6) is 0. The molecule has 0 amide bonds. The summed E-state index contributed by atoms with van der Waals surface area (Å²) in [6, 6.07) is 4.76. The van der Waals surface area contributed by atoms with E-state index in [1.807, 2.05) is 0 Å². The molecule has 0 saturated heterocycles. The van der Waals surface area contributed by atoms with Gasteiger partial charge in [-0.2, -0.15) is 5.26 Å². The maximum absolute atomic E-state index is 11.5. The third-order valence-corrected chi connectivity index (χ3v) is 5.93. The molecule has 0 atom stereocenters. The van der Waals surface area contributed by atoms with E-state index in [1.54, 1.807) is 6.07 Å². The highest BCUT2D eigenvalue weighted by Crippen LogP contribution is 2.34. The minimum absolute atomic E-state index is 0.0391. The van der Waals surface area contributed by atoms with E-state index in [-0.39, 0.29) is 19.4 Å². The lowest BCUT2D eigenvalue weighted by molar-refractivity contribution is 0.597. The van der Waals surface area contributed by atoms with Crippen LogP contribution in [0.25, 0.3) is 0 Å². The lowest BCUT2D eigenvalue weighted by atomic mass is 10.3. The van der Waals surface area contributed by atoms with Gasteiger partial charge < -0.3 is 5.32 Å². The number of halogens is 2. The first-order chi connectivity index (χ1) is 9.74. The van der Waals surface area contributed by atoms with E-state index in [9.17, 15) is 13.2 Å². The van der Waals surface area contributed by atoms with Gasteiger partial charge >= 0.3 is 0 Å². The number of nitriles is 1. The van der Waals surface area contributed by atoms with Gasteiger partial charge in [0, 0.05) is 14.6 Å². The summed E-state index contributed by atoms with van der Waals surface area (Å²) < 4.78 is 25.9. The van der Waals surface area contributed by atoms with E-state index < -0.39 is 15.6 Å². The second-order valence-corrected chi connectivity index (χ2v) is 7.81. The highest BCUT2D eigenvalue weighted by Gasteiger charge is 2.19. The molecule has 0 bridgehead atoms. The third-order valence-electron chi connectivity index (χ3n) is 2.35. The summed E-state index contributed by atoms with van der Waals surface area (Å²) in [4.78, 5) is 11.3. The van der Waals surface area contributed by atoms with E-state index in [4.69, 9.17) is 10.4 Å². The maximum atomic E-state index is 11.5. The molecule has 21 heavy (non-hydrogen) atoms. The first-order valence-corrected chi connectivity index (χ1v) is 9.09. The number of sulfonamides is 1. The van der Waals surface area contributed by atoms with Crippen molar-refractivity contribution in [2.45, 2.75) is 4.90 Å². The largest absolute Gasteiger partial charge is 0.345 e. The standard InChI is InChI=1S/C10H6Br2N4O3S2/c11-6-1-4(2-7(12)8(6)21(14,18)19)15-10-5(3-13)9(17)16-20-10/h1-2,15H,(H,16,17)(H2,14,18,19). The first kappa shape index (κ1) is 16.2. The van der Waals surface area contributed by atoms with Gasteiger partial charge in [0.05, 0.1) is 0 Å². The molecule has 1 aromatic carbocycles. The molecule has 0 saturated carbocycles. The number of nitrogens with one attached hydrogen (secondary N) is 2. The minimum atomic E-state index is -3.89. The van der Waals surface area contributed by atoms with Crippen LogP contribution in [0.2, 0.25) is 0 Å². The number of aromatic nitrogens is 1. The van der Waals surface area contributed by atoms with Crippen LogP contribution in [0.5, 0.6) is 0 Å². The summed E-state index contributed by atoms with van der Waals surface area (Å²) in [6.45, 7) is 0. The topological polar surface area (TPSA) is 129 Å². The monoisotopic (exact) mass is 452 g/mol. The molecule has 110 valence electrons. The number of benzene rings is 1. The van der Waals surface area contributed by atoms with Gasteiger partial charge in [0.1, 0.15) is 16.0 Å². The van der Waals surface area contributed by atoms with Gasteiger partial charge in [0.25, 0.3) is 5.56 Å². The molecule has 0 aliphatic carbocycles. The number of aromatic amines is 1. The van der Waals surface area contributed by atoms with Gasteiger partial charge in [0.2, 0.25) is 10.0 Å².